The lowest BCUT2D eigenvalue weighted by atomic mass is 10.2. The van der Waals surface area contributed by atoms with Gasteiger partial charge in [0.2, 0.25) is 0 Å². The SMILES string of the molecule is CCc1ccc(SCCCCl)nc1. The molecule has 0 saturated carbocycles. The lowest BCUT2D eigenvalue weighted by Crippen LogP contribution is -1.86. The van der Waals surface area contributed by atoms with Crippen molar-refractivity contribution in [3.05, 3.63) is 23.9 Å². The zero-order valence-electron chi connectivity index (χ0n) is 7.79. The van der Waals surface area contributed by atoms with Crippen LogP contribution in [-0.2, 0) is 6.42 Å². The molecule has 1 aromatic rings. The van der Waals surface area contributed by atoms with Crippen LogP contribution in [0.1, 0.15) is 18.9 Å². The van der Waals surface area contributed by atoms with Crippen molar-refractivity contribution in [2.45, 2.75) is 24.8 Å². The van der Waals surface area contributed by atoms with Crippen molar-refractivity contribution in [1.82, 2.24) is 4.98 Å². The third-order valence-electron chi connectivity index (χ3n) is 1.73. The monoisotopic (exact) mass is 215 g/mol. The van der Waals surface area contributed by atoms with Crippen molar-refractivity contribution in [3.63, 3.8) is 0 Å². The van der Waals surface area contributed by atoms with Gasteiger partial charge < -0.3 is 0 Å². The highest BCUT2D eigenvalue weighted by molar-refractivity contribution is 7.99. The van der Waals surface area contributed by atoms with Crippen molar-refractivity contribution in [1.29, 1.82) is 0 Å². The average molecular weight is 216 g/mol. The molecule has 0 radical (unpaired) electrons. The van der Waals surface area contributed by atoms with Gasteiger partial charge >= 0.3 is 0 Å². The average Bonchev–Trinajstić information content (AvgIpc) is 2.19. The number of thioether (sulfide) groups is 1. The molecular weight excluding hydrogens is 202 g/mol. The van der Waals surface area contributed by atoms with E-state index in [0.29, 0.717) is 0 Å². The van der Waals surface area contributed by atoms with E-state index in [2.05, 4.69) is 24.0 Å². The number of hydrogen-bond acceptors (Lipinski definition) is 2. The summed E-state index contributed by atoms with van der Waals surface area (Å²) < 4.78 is 0. The number of alkyl halides is 1. The first-order valence-corrected chi connectivity index (χ1v) is 6.02. The summed E-state index contributed by atoms with van der Waals surface area (Å²) in [5.74, 6) is 1.79. The van der Waals surface area contributed by atoms with Crippen LogP contribution in [0, 0.1) is 0 Å². The van der Waals surface area contributed by atoms with E-state index in [1.54, 1.807) is 11.8 Å². The van der Waals surface area contributed by atoms with Gasteiger partial charge in [0.25, 0.3) is 0 Å². The lowest BCUT2D eigenvalue weighted by Gasteiger charge is -2.00. The number of nitrogens with zero attached hydrogens (tertiary/aromatic N) is 1. The molecule has 0 N–H and O–H groups in total. The molecule has 72 valence electrons. The predicted molar refractivity (Wildman–Crippen MR) is 59.7 cm³/mol. The number of pyridine rings is 1. The molecule has 0 spiro atoms. The summed E-state index contributed by atoms with van der Waals surface area (Å²) in [6.07, 6.45) is 4.05. The van der Waals surface area contributed by atoms with Crippen molar-refractivity contribution < 1.29 is 0 Å². The maximum Gasteiger partial charge on any atom is 0.0960 e. The highest BCUT2D eigenvalue weighted by Gasteiger charge is 1.95. The highest BCUT2D eigenvalue weighted by Crippen LogP contribution is 2.16. The van der Waals surface area contributed by atoms with Gasteiger partial charge in [-0.05, 0) is 24.5 Å². The fraction of sp³-hybridized carbons (Fsp3) is 0.500. The molecule has 1 nitrogen and oxygen atoms in total. The van der Waals surface area contributed by atoms with Crippen LogP contribution in [-0.4, -0.2) is 16.6 Å². The summed E-state index contributed by atoms with van der Waals surface area (Å²) in [4.78, 5) is 4.34. The van der Waals surface area contributed by atoms with Gasteiger partial charge in [-0.1, -0.05) is 13.0 Å². The van der Waals surface area contributed by atoms with Crippen molar-refractivity contribution in [2.75, 3.05) is 11.6 Å². The second-order valence-electron chi connectivity index (χ2n) is 2.75. The number of aromatic nitrogens is 1. The fourth-order valence-corrected chi connectivity index (χ4v) is 2.02. The second kappa shape index (κ2) is 6.28. The van der Waals surface area contributed by atoms with Gasteiger partial charge in [-0.25, -0.2) is 4.98 Å². The van der Waals surface area contributed by atoms with Crippen LogP contribution >= 0.6 is 23.4 Å². The molecule has 0 saturated heterocycles. The third kappa shape index (κ3) is 4.01. The third-order valence-corrected chi connectivity index (χ3v) is 3.03. The summed E-state index contributed by atoms with van der Waals surface area (Å²) in [5.41, 5.74) is 1.29. The number of rotatable bonds is 5. The Hall–Kier alpha value is -0.210. The molecule has 0 aromatic carbocycles. The van der Waals surface area contributed by atoms with E-state index < -0.39 is 0 Å². The largest absolute Gasteiger partial charge is 0.250 e. The Morgan fingerprint density at radius 3 is 2.85 bits per heavy atom. The van der Waals surface area contributed by atoms with Gasteiger partial charge in [-0.2, -0.15) is 0 Å². The Morgan fingerprint density at radius 2 is 2.31 bits per heavy atom. The van der Waals surface area contributed by atoms with Crippen LogP contribution in [0.3, 0.4) is 0 Å². The minimum atomic E-state index is 0.736. The van der Waals surface area contributed by atoms with E-state index >= 15 is 0 Å². The van der Waals surface area contributed by atoms with Gasteiger partial charge in [0.1, 0.15) is 0 Å². The van der Waals surface area contributed by atoms with Gasteiger partial charge in [-0.3, -0.25) is 0 Å². The van der Waals surface area contributed by atoms with Crippen LogP contribution in [0.2, 0.25) is 0 Å². The highest BCUT2D eigenvalue weighted by atomic mass is 35.5. The maximum atomic E-state index is 5.58. The molecule has 0 unspecified atom stereocenters. The quantitative estimate of drug-likeness (QED) is 0.425. The molecule has 1 rings (SSSR count). The summed E-state index contributed by atoms with van der Waals surface area (Å²) in [7, 11) is 0. The molecule has 1 heterocycles. The van der Waals surface area contributed by atoms with E-state index in [1.807, 2.05) is 6.20 Å². The van der Waals surface area contributed by atoms with E-state index in [-0.39, 0.29) is 0 Å². The minimum absolute atomic E-state index is 0.736. The number of hydrogen-bond donors (Lipinski definition) is 0. The Balaban J connectivity index is 2.40. The van der Waals surface area contributed by atoms with Crippen molar-refractivity contribution in [3.8, 4) is 0 Å². The normalized spacial score (nSPS) is 10.3. The number of aryl methyl sites for hydroxylation is 1. The van der Waals surface area contributed by atoms with Crippen molar-refractivity contribution in [2.24, 2.45) is 0 Å². The molecule has 0 bridgehead atoms. The van der Waals surface area contributed by atoms with E-state index in [4.69, 9.17) is 11.6 Å². The minimum Gasteiger partial charge on any atom is -0.250 e. The summed E-state index contributed by atoms with van der Waals surface area (Å²) in [5, 5.41) is 1.10. The van der Waals surface area contributed by atoms with Crippen LogP contribution in [0.15, 0.2) is 23.4 Å². The fourth-order valence-electron chi connectivity index (χ4n) is 0.937. The summed E-state index contributed by atoms with van der Waals surface area (Å²) in [6, 6.07) is 4.22. The Morgan fingerprint density at radius 1 is 1.46 bits per heavy atom. The number of halogens is 1. The topological polar surface area (TPSA) is 12.9 Å². The van der Waals surface area contributed by atoms with Crippen LogP contribution in [0.4, 0.5) is 0 Å². The zero-order valence-corrected chi connectivity index (χ0v) is 9.37. The van der Waals surface area contributed by atoms with Gasteiger partial charge in [-0.15, -0.1) is 23.4 Å². The Bertz CT molecular complexity index is 235. The first-order chi connectivity index (χ1) is 6.36. The molecule has 0 aliphatic carbocycles. The maximum absolute atomic E-state index is 5.58. The first kappa shape index (κ1) is 10.9. The summed E-state index contributed by atoms with van der Waals surface area (Å²) >= 11 is 7.35. The molecule has 3 heteroatoms. The second-order valence-corrected chi connectivity index (χ2v) is 4.24. The van der Waals surface area contributed by atoms with E-state index in [0.717, 1.165) is 29.5 Å². The molecule has 0 atom stereocenters. The molecular formula is C10H14ClNS. The predicted octanol–water partition coefficient (Wildman–Crippen LogP) is 3.37. The molecule has 0 aliphatic rings. The van der Waals surface area contributed by atoms with Crippen molar-refractivity contribution >= 4 is 23.4 Å². The molecule has 0 amide bonds. The molecule has 1 aromatic heterocycles. The van der Waals surface area contributed by atoms with Gasteiger partial charge in [0.05, 0.1) is 5.03 Å². The van der Waals surface area contributed by atoms with Gasteiger partial charge in [0.15, 0.2) is 0 Å². The van der Waals surface area contributed by atoms with Crippen LogP contribution in [0.5, 0.6) is 0 Å². The van der Waals surface area contributed by atoms with E-state index in [9.17, 15) is 0 Å². The first-order valence-electron chi connectivity index (χ1n) is 4.50. The molecule has 0 aliphatic heterocycles. The van der Waals surface area contributed by atoms with Crippen LogP contribution in [0.25, 0.3) is 0 Å². The molecule has 13 heavy (non-hydrogen) atoms. The Labute approximate surface area is 88.9 Å². The van der Waals surface area contributed by atoms with E-state index in [1.165, 1.54) is 5.56 Å². The zero-order chi connectivity index (χ0) is 9.52. The molecule has 0 fully saturated rings. The van der Waals surface area contributed by atoms with Gasteiger partial charge in [0, 0.05) is 17.8 Å². The lowest BCUT2D eigenvalue weighted by molar-refractivity contribution is 1.04. The Kier molecular flexibility index (Phi) is 5.25. The van der Waals surface area contributed by atoms with Crippen LogP contribution < -0.4 is 0 Å². The standard InChI is InChI=1S/C10H14ClNS/c1-2-9-4-5-10(12-8-9)13-7-3-6-11/h4-5,8H,2-3,6-7H2,1H3. The summed E-state index contributed by atoms with van der Waals surface area (Å²) in [6.45, 7) is 2.14. The smallest absolute Gasteiger partial charge is 0.0960 e.